The van der Waals surface area contributed by atoms with Crippen molar-refractivity contribution >= 4 is 5.96 Å². The van der Waals surface area contributed by atoms with E-state index in [2.05, 4.69) is 34.5 Å². The summed E-state index contributed by atoms with van der Waals surface area (Å²) in [6.07, 6.45) is 4.97. The van der Waals surface area contributed by atoms with Gasteiger partial charge < -0.3 is 20.5 Å². The number of halogens is 1. The number of hydrogen-bond acceptors (Lipinski definition) is 4. The van der Waals surface area contributed by atoms with E-state index in [1.807, 2.05) is 6.92 Å². The molecule has 0 bridgehead atoms. The number of hydrogen-bond donors (Lipinski definition) is 3. The Balaban J connectivity index is 1.98. The molecule has 0 spiro atoms. The Morgan fingerprint density at radius 3 is 2.73 bits per heavy atom. The van der Waals surface area contributed by atoms with Gasteiger partial charge in [0.25, 0.3) is 0 Å². The van der Waals surface area contributed by atoms with Crippen LogP contribution >= 0.6 is 0 Å². The lowest BCUT2D eigenvalue weighted by atomic mass is 9.94. The molecule has 0 aliphatic heterocycles. The molecule has 1 aromatic heterocycles. The Kier molecular flexibility index (Phi) is 10.1. The van der Waals surface area contributed by atoms with Crippen molar-refractivity contribution in [3.8, 4) is 11.5 Å². The number of nitrogens with one attached hydrogen (secondary N) is 2. The lowest BCUT2D eigenvalue weighted by molar-refractivity contribution is 0.243. The molecule has 2 rings (SSSR count). The third-order valence-electron chi connectivity index (χ3n) is 4.52. The third kappa shape index (κ3) is 8.37. The molecule has 0 amide bonds. The van der Waals surface area contributed by atoms with Gasteiger partial charge in [0.2, 0.25) is 0 Å². The van der Waals surface area contributed by atoms with Crippen molar-refractivity contribution in [3.63, 3.8) is 0 Å². The fourth-order valence-electron chi connectivity index (χ4n) is 3.17. The quantitative estimate of drug-likeness (QED) is 0.379. The van der Waals surface area contributed by atoms with Gasteiger partial charge in [-0.25, -0.2) is 9.38 Å². The molecule has 0 aliphatic rings. The van der Waals surface area contributed by atoms with Crippen molar-refractivity contribution in [1.29, 1.82) is 0 Å². The van der Waals surface area contributed by atoms with Crippen LogP contribution in [-0.4, -0.2) is 35.7 Å². The highest BCUT2D eigenvalue weighted by molar-refractivity contribution is 5.79. The normalized spacial score (nSPS) is 12.7. The maximum atomic E-state index is 14.4. The predicted molar refractivity (Wildman–Crippen MR) is 118 cm³/mol. The van der Waals surface area contributed by atoms with Crippen molar-refractivity contribution in [2.75, 3.05) is 19.7 Å². The summed E-state index contributed by atoms with van der Waals surface area (Å²) in [7, 11) is 0. The van der Waals surface area contributed by atoms with Gasteiger partial charge >= 0.3 is 0 Å². The zero-order valence-electron chi connectivity index (χ0n) is 18.1. The number of pyridine rings is 1. The van der Waals surface area contributed by atoms with Gasteiger partial charge in [0.1, 0.15) is 5.75 Å². The number of aromatic nitrogens is 1. The third-order valence-corrected chi connectivity index (χ3v) is 4.52. The van der Waals surface area contributed by atoms with Crippen LogP contribution in [0.3, 0.4) is 0 Å². The Bertz CT molecular complexity index is 784. The molecular formula is C23H33FN4O2. The second-order valence-electron chi connectivity index (χ2n) is 7.64. The maximum absolute atomic E-state index is 14.4. The lowest BCUT2D eigenvalue weighted by Gasteiger charge is -2.20. The fraction of sp³-hybridized carbons (Fsp3) is 0.478. The van der Waals surface area contributed by atoms with Gasteiger partial charge in [-0.05, 0) is 61.4 Å². The fourth-order valence-corrected chi connectivity index (χ4v) is 3.17. The lowest BCUT2D eigenvalue weighted by Crippen LogP contribution is -2.40. The summed E-state index contributed by atoms with van der Waals surface area (Å²) in [6, 6.07) is 8.30. The smallest absolute Gasteiger partial charge is 0.191 e. The average Bonchev–Trinajstić information content (AvgIpc) is 2.72. The first-order chi connectivity index (χ1) is 14.5. The molecule has 0 fully saturated rings. The van der Waals surface area contributed by atoms with E-state index in [9.17, 15) is 9.50 Å². The summed E-state index contributed by atoms with van der Waals surface area (Å²) in [6.45, 7) is 8.35. The monoisotopic (exact) mass is 416 g/mol. The minimum Gasteiger partial charge on any atom is -0.453 e. The molecule has 0 saturated heterocycles. The minimum absolute atomic E-state index is 0.154. The van der Waals surface area contributed by atoms with Crippen LogP contribution in [0.5, 0.6) is 11.5 Å². The molecule has 1 heterocycles. The molecule has 0 radical (unpaired) electrons. The second kappa shape index (κ2) is 12.8. The summed E-state index contributed by atoms with van der Waals surface area (Å²) in [5.41, 5.74) is 0.748. The first-order valence-corrected chi connectivity index (χ1v) is 10.5. The topological polar surface area (TPSA) is 78.8 Å². The highest BCUT2D eigenvalue weighted by atomic mass is 19.1. The summed E-state index contributed by atoms with van der Waals surface area (Å²) < 4.78 is 19.9. The molecule has 6 nitrogen and oxygen atoms in total. The van der Waals surface area contributed by atoms with Crippen LogP contribution in [0.4, 0.5) is 4.39 Å². The molecule has 0 aliphatic carbocycles. The first-order valence-electron chi connectivity index (χ1n) is 10.5. The SMILES string of the molecule is CCNC(=NCc1ccc(Oc2cccnc2)c(F)c1)NCC(CCO)CC(C)C. The van der Waals surface area contributed by atoms with Crippen LogP contribution in [0, 0.1) is 17.7 Å². The van der Waals surface area contributed by atoms with Crippen LogP contribution in [0.25, 0.3) is 0 Å². The largest absolute Gasteiger partial charge is 0.453 e. The molecule has 2 aromatic rings. The van der Waals surface area contributed by atoms with E-state index < -0.39 is 5.82 Å². The highest BCUT2D eigenvalue weighted by Gasteiger charge is 2.12. The van der Waals surface area contributed by atoms with Gasteiger partial charge in [-0.2, -0.15) is 0 Å². The van der Waals surface area contributed by atoms with E-state index in [4.69, 9.17) is 4.74 Å². The van der Waals surface area contributed by atoms with Gasteiger partial charge in [-0.3, -0.25) is 4.98 Å². The van der Waals surface area contributed by atoms with Crippen molar-refractivity contribution in [1.82, 2.24) is 15.6 Å². The molecule has 1 unspecified atom stereocenters. The van der Waals surface area contributed by atoms with Crippen molar-refractivity contribution in [3.05, 3.63) is 54.1 Å². The Morgan fingerprint density at radius 1 is 1.27 bits per heavy atom. The summed E-state index contributed by atoms with van der Waals surface area (Å²) in [5.74, 6) is 1.82. The van der Waals surface area contributed by atoms with Crippen LogP contribution in [0.15, 0.2) is 47.7 Å². The standard InChI is InChI=1S/C23H33FN4O2/c1-4-26-23(28-15-19(9-11-29)12-17(2)3)27-14-18-7-8-22(21(24)13-18)30-20-6-5-10-25-16-20/h5-8,10,13,16-17,19,29H,4,9,11-12,14-15H2,1-3H3,(H2,26,27,28). The van der Waals surface area contributed by atoms with Crippen molar-refractivity contribution in [2.24, 2.45) is 16.8 Å². The number of ether oxygens (including phenoxy) is 1. The predicted octanol–water partition coefficient (Wildman–Crippen LogP) is 4.11. The van der Waals surface area contributed by atoms with E-state index in [-0.39, 0.29) is 12.4 Å². The zero-order chi connectivity index (χ0) is 21.8. The van der Waals surface area contributed by atoms with Gasteiger partial charge in [-0.1, -0.05) is 19.9 Å². The van der Waals surface area contributed by atoms with Crippen LogP contribution < -0.4 is 15.4 Å². The molecule has 3 N–H and O–H groups in total. The zero-order valence-corrected chi connectivity index (χ0v) is 18.1. The van der Waals surface area contributed by atoms with Crippen LogP contribution in [0.2, 0.25) is 0 Å². The van der Waals surface area contributed by atoms with E-state index >= 15 is 0 Å². The number of aliphatic hydroxyl groups excluding tert-OH is 1. The molecule has 30 heavy (non-hydrogen) atoms. The van der Waals surface area contributed by atoms with E-state index in [0.29, 0.717) is 30.1 Å². The van der Waals surface area contributed by atoms with Gasteiger partial charge in [0, 0.05) is 25.9 Å². The van der Waals surface area contributed by atoms with E-state index in [0.717, 1.165) is 31.5 Å². The Labute approximate surface area is 178 Å². The van der Waals surface area contributed by atoms with Gasteiger partial charge in [-0.15, -0.1) is 0 Å². The molecule has 7 heteroatoms. The van der Waals surface area contributed by atoms with E-state index in [1.54, 1.807) is 30.5 Å². The molecular weight excluding hydrogens is 383 g/mol. The Hall–Kier alpha value is -2.67. The minimum atomic E-state index is -0.440. The van der Waals surface area contributed by atoms with E-state index in [1.165, 1.54) is 12.3 Å². The highest BCUT2D eigenvalue weighted by Crippen LogP contribution is 2.24. The Morgan fingerprint density at radius 2 is 2.10 bits per heavy atom. The molecule has 0 saturated carbocycles. The summed E-state index contributed by atoms with van der Waals surface area (Å²) >= 11 is 0. The number of rotatable bonds is 11. The first kappa shape index (κ1) is 23.6. The van der Waals surface area contributed by atoms with Crippen LogP contribution in [-0.2, 0) is 6.54 Å². The van der Waals surface area contributed by atoms with Crippen molar-refractivity contribution < 1.29 is 14.2 Å². The molecule has 1 aromatic carbocycles. The second-order valence-corrected chi connectivity index (χ2v) is 7.64. The maximum Gasteiger partial charge on any atom is 0.191 e. The van der Waals surface area contributed by atoms with Gasteiger partial charge in [0.05, 0.1) is 12.7 Å². The average molecular weight is 417 g/mol. The number of aliphatic imine (C=N–C) groups is 1. The molecule has 1 atom stereocenters. The number of guanidine groups is 1. The summed E-state index contributed by atoms with van der Waals surface area (Å²) in [5, 5.41) is 15.8. The molecule has 164 valence electrons. The number of aliphatic hydroxyl groups is 1. The van der Waals surface area contributed by atoms with Gasteiger partial charge in [0.15, 0.2) is 17.5 Å². The number of nitrogens with zero attached hydrogens (tertiary/aromatic N) is 2. The number of benzene rings is 1. The summed E-state index contributed by atoms with van der Waals surface area (Å²) in [4.78, 5) is 8.52. The van der Waals surface area contributed by atoms with Crippen LogP contribution in [0.1, 0.15) is 39.2 Å². The van der Waals surface area contributed by atoms with Crippen molar-refractivity contribution in [2.45, 2.75) is 40.2 Å².